The van der Waals surface area contributed by atoms with Crippen LogP contribution in [0, 0.1) is 39.7 Å². The van der Waals surface area contributed by atoms with Gasteiger partial charge in [0.15, 0.2) is 11.4 Å². The van der Waals surface area contributed by atoms with E-state index in [4.69, 9.17) is 0 Å². The van der Waals surface area contributed by atoms with Crippen LogP contribution in [0.1, 0.15) is 56.4 Å². The van der Waals surface area contributed by atoms with Crippen LogP contribution in [0.25, 0.3) is 0 Å². The molecule has 1 saturated carbocycles. The van der Waals surface area contributed by atoms with E-state index in [2.05, 4.69) is 15.3 Å². The number of carbonyl (C=O) groups excluding carboxylic acids is 1. The Morgan fingerprint density at radius 2 is 1.69 bits per heavy atom. The zero-order valence-electron chi connectivity index (χ0n) is 16.1. The Balaban J connectivity index is 1.92. The van der Waals surface area contributed by atoms with Gasteiger partial charge in [-0.25, -0.2) is 18.7 Å². The number of hydrogen-bond donors (Lipinski definition) is 1. The maximum Gasteiger partial charge on any atom is 0.237 e. The van der Waals surface area contributed by atoms with Crippen molar-refractivity contribution in [2.24, 2.45) is 5.41 Å². The van der Waals surface area contributed by atoms with Gasteiger partial charge in [0, 0.05) is 11.5 Å². The molecule has 2 atom stereocenters. The van der Waals surface area contributed by atoms with Gasteiger partial charge in [-0.05, 0) is 30.4 Å². The van der Waals surface area contributed by atoms with Gasteiger partial charge in [0.1, 0.15) is 23.8 Å². The zero-order chi connectivity index (χ0) is 21.2. The van der Waals surface area contributed by atoms with Gasteiger partial charge in [-0.3, -0.25) is 4.79 Å². The fourth-order valence-corrected chi connectivity index (χ4v) is 4.96. The number of carbonyl (C=O) groups is 1. The summed E-state index contributed by atoms with van der Waals surface area (Å²) < 4.78 is 27.7. The molecule has 1 N–H and O–H groups in total. The summed E-state index contributed by atoms with van der Waals surface area (Å²) in [5.74, 6) is -1.96. The van der Waals surface area contributed by atoms with Gasteiger partial charge in [0.25, 0.3) is 0 Å². The number of benzene rings is 1. The molecule has 8 heteroatoms. The van der Waals surface area contributed by atoms with Crippen molar-refractivity contribution >= 4 is 11.6 Å². The molecule has 4 rings (SSSR count). The van der Waals surface area contributed by atoms with E-state index < -0.39 is 33.8 Å². The minimum Gasteiger partial charge on any atom is -0.323 e. The third kappa shape index (κ3) is 2.14. The SMILES string of the molecule is CC1(C)[C@]2(C)CC[C@@]1(C(=O)Nc1cc(F)ccc1F)c1nc(C#N)c(C#N)nc12. The highest BCUT2D eigenvalue weighted by atomic mass is 19.1. The number of anilines is 1. The first-order valence-corrected chi connectivity index (χ1v) is 9.12. The van der Waals surface area contributed by atoms with Gasteiger partial charge < -0.3 is 5.32 Å². The predicted molar refractivity (Wildman–Crippen MR) is 98.5 cm³/mol. The van der Waals surface area contributed by atoms with Crippen molar-refractivity contribution in [3.05, 3.63) is 52.6 Å². The first-order valence-electron chi connectivity index (χ1n) is 9.12. The fourth-order valence-electron chi connectivity index (χ4n) is 4.96. The van der Waals surface area contributed by atoms with Crippen LogP contribution < -0.4 is 5.32 Å². The van der Waals surface area contributed by atoms with Gasteiger partial charge in [0.2, 0.25) is 5.91 Å². The minimum absolute atomic E-state index is 0.0810. The Morgan fingerprint density at radius 3 is 2.31 bits per heavy atom. The van der Waals surface area contributed by atoms with E-state index in [1.165, 1.54) is 0 Å². The molecule has 146 valence electrons. The number of amides is 1. The van der Waals surface area contributed by atoms with E-state index in [1.54, 1.807) is 0 Å². The molecular weight excluding hydrogens is 376 g/mol. The van der Waals surface area contributed by atoms with E-state index in [0.29, 0.717) is 24.2 Å². The summed E-state index contributed by atoms with van der Waals surface area (Å²) in [7, 11) is 0. The molecule has 1 amide bonds. The second kappa shape index (κ2) is 5.81. The monoisotopic (exact) mass is 393 g/mol. The van der Waals surface area contributed by atoms with Crippen LogP contribution in [-0.4, -0.2) is 15.9 Å². The Hall–Kier alpha value is -3.39. The fraction of sp³-hybridized carbons (Fsp3) is 0.381. The number of aromatic nitrogens is 2. The summed E-state index contributed by atoms with van der Waals surface area (Å²) in [5, 5.41) is 21.2. The van der Waals surface area contributed by atoms with E-state index in [-0.39, 0.29) is 17.1 Å². The summed E-state index contributed by atoms with van der Waals surface area (Å²) in [4.78, 5) is 22.3. The molecule has 1 fully saturated rings. The van der Waals surface area contributed by atoms with Crippen molar-refractivity contribution in [3.8, 4) is 12.1 Å². The first-order chi connectivity index (χ1) is 13.6. The van der Waals surface area contributed by atoms with E-state index in [0.717, 1.165) is 18.2 Å². The zero-order valence-corrected chi connectivity index (χ0v) is 16.1. The molecule has 0 unspecified atom stereocenters. The quantitative estimate of drug-likeness (QED) is 0.842. The number of halogens is 2. The lowest BCUT2D eigenvalue weighted by molar-refractivity contribution is -0.125. The summed E-state index contributed by atoms with van der Waals surface area (Å²) in [6, 6.07) is 6.59. The second-order valence-corrected chi connectivity index (χ2v) is 8.28. The molecule has 1 heterocycles. The summed E-state index contributed by atoms with van der Waals surface area (Å²) in [6.45, 7) is 5.77. The molecule has 0 saturated heterocycles. The van der Waals surface area contributed by atoms with Gasteiger partial charge in [-0.15, -0.1) is 0 Å². The highest BCUT2D eigenvalue weighted by molar-refractivity contribution is 6.01. The number of nitrogens with zero attached hydrogens (tertiary/aromatic N) is 4. The Morgan fingerprint density at radius 1 is 1.07 bits per heavy atom. The molecule has 2 bridgehead atoms. The third-order valence-electron chi connectivity index (χ3n) is 7.05. The van der Waals surface area contributed by atoms with Crippen molar-refractivity contribution in [1.29, 1.82) is 10.5 Å². The van der Waals surface area contributed by atoms with Crippen molar-refractivity contribution in [2.75, 3.05) is 5.32 Å². The molecule has 1 aromatic heterocycles. The predicted octanol–water partition coefficient (Wildman–Crippen LogP) is 3.47. The maximum absolute atomic E-state index is 14.1. The molecule has 2 aliphatic carbocycles. The lowest BCUT2D eigenvalue weighted by Gasteiger charge is -2.39. The molecule has 2 aliphatic rings. The van der Waals surface area contributed by atoms with Crippen molar-refractivity contribution in [2.45, 2.75) is 44.4 Å². The molecule has 29 heavy (non-hydrogen) atoms. The van der Waals surface area contributed by atoms with E-state index in [1.807, 2.05) is 32.9 Å². The van der Waals surface area contributed by atoms with E-state index in [9.17, 15) is 24.1 Å². The lowest BCUT2D eigenvalue weighted by atomic mass is 9.63. The Labute approximate surface area is 166 Å². The van der Waals surface area contributed by atoms with Crippen LogP contribution in [0.5, 0.6) is 0 Å². The van der Waals surface area contributed by atoms with Crippen molar-refractivity contribution < 1.29 is 13.6 Å². The first kappa shape index (κ1) is 18.9. The minimum atomic E-state index is -1.19. The van der Waals surface area contributed by atoms with Crippen LogP contribution in [0.4, 0.5) is 14.5 Å². The third-order valence-corrected chi connectivity index (χ3v) is 7.05. The number of rotatable bonds is 2. The highest BCUT2D eigenvalue weighted by Gasteiger charge is 2.73. The van der Waals surface area contributed by atoms with Crippen LogP contribution in [0.2, 0.25) is 0 Å². The normalized spacial score (nSPS) is 25.8. The molecule has 2 aromatic rings. The van der Waals surface area contributed by atoms with Crippen molar-refractivity contribution in [3.63, 3.8) is 0 Å². The molecule has 6 nitrogen and oxygen atoms in total. The second-order valence-electron chi connectivity index (χ2n) is 8.28. The van der Waals surface area contributed by atoms with Gasteiger partial charge >= 0.3 is 0 Å². The van der Waals surface area contributed by atoms with Crippen molar-refractivity contribution in [1.82, 2.24) is 9.97 Å². The number of fused-ring (bicyclic) bond motifs is 5. The smallest absolute Gasteiger partial charge is 0.237 e. The number of hydrogen-bond acceptors (Lipinski definition) is 5. The number of nitriles is 2. The van der Waals surface area contributed by atoms with E-state index >= 15 is 0 Å². The highest BCUT2D eigenvalue weighted by Crippen LogP contribution is 2.70. The average molecular weight is 393 g/mol. The molecule has 1 aromatic carbocycles. The number of nitrogens with one attached hydrogen (secondary N) is 1. The maximum atomic E-state index is 14.1. The van der Waals surface area contributed by atoms with Crippen LogP contribution >= 0.6 is 0 Å². The van der Waals surface area contributed by atoms with Crippen LogP contribution in [0.15, 0.2) is 18.2 Å². The molecule has 0 aliphatic heterocycles. The molecular formula is C21H17F2N5O. The Bertz CT molecular complexity index is 1160. The summed E-state index contributed by atoms with van der Waals surface area (Å²) >= 11 is 0. The summed E-state index contributed by atoms with van der Waals surface area (Å²) in [6.07, 6.45) is 1.02. The average Bonchev–Trinajstić information content (AvgIpc) is 2.99. The van der Waals surface area contributed by atoms with Gasteiger partial charge in [-0.2, -0.15) is 10.5 Å². The lowest BCUT2D eigenvalue weighted by Crippen LogP contribution is -2.48. The molecule has 0 spiro atoms. The van der Waals surface area contributed by atoms with Gasteiger partial charge in [-0.1, -0.05) is 20.8 Å². The topological polar surface area (TPSA) is 102 Å². The largest absolute Gasteiger partial charge is 0.323 e. The summed E-state index contributed by atoms with van der Waals surface area (Å²) in [5.41, 5.74) is -2.08. The van der Waals surface area contributed by atoms with Gasteiger partial charge in [0.05, 0.1) is 22.5 Å². The Kier molecular flexibility index (Phi) is 3.79. The standard InChI is InChI=1S/C21H17F2N5O/c1-19(2)20(3)6-7-21(19,17-16(20)26-14(9-24)15(10-25)27-17)18(29)28-13-8-11(22)4-5-12(13)23/h4-5,8H,6-7H2,1-3H3,(H,28,29)/t20-,21+/m1/s1. The molecule has 0 radical (unpaired) electrons. The van der Waals surface area contributed by atoms with Crippen LogP contribution in [0.3, 0.4) is 0 Å². The van der Waals surface area contributed by atoms with Crippen LogP contribution in [-0.2, 0) is 15.6 Å².